The van der Waals surface area contributed by atoms with Crippen LogP contribution in [0.15, 0.2) is 24.3 Å². The fourth-order valence-electron chi connectivity index (χ4n) is 3.58. The second-order valence-corrected chi connectivity index (χ2v) is 8.54. The molecule has 7 heteroatoms. The van der Waals surface area contributed by atoms with Crippen molar-refractivity contribution in [3.63, 3.8) is 0 Å². The standard InChI is InChI=1S/C19H26ClN3O2S/c20-17-4-2-1-3-15(17)13-21-19(25)22-16-7-5-14(6-8-16)18(24)23-9-11-26-12-10-23/h1-4,14,16H,5-13H2,(H2,21,22,25). The first-order valence-corrected chi connectivity index (χ1v) is 10.8. The van der Waals surface area contributed by atoms with Gasteiger partial charge in [-0.3, -0.25) is 4.79 Å². The minimum Gasteiger partial charge on any atom is -0.341 e. The second kappa shape index (κ2) is 9.51. The van der Waals surface area contributed by atoms with Crippen molar-refractivity contribution >= 4 is 35.3 Å². The highest BCUT2D eigenvalue weighted by Gasteiger charge is 2.30. The summed E-state index contributed by atoms with van der Waals surface area (Å²) < 4.78 is 0. The average Bonchev–Trinajstić information content (AvgIpc) is 2.68. The molecule has 1 heterocycles. The summed E-state index contributed by atoms with van der Waals surface area (Å²) in [5, 5.41) is 6.54. The number of halogens is 1. The molecule has 1 saturated heterocycles. The molecular formula is C19H26ClN3O2S. The second-order valence-electron chi connectivity index (χ2n) is 6.90. The van der Waals surface area contributed by atoms with Gasteiger partial charge in [-0.2, -0.15) is 11.8 Å². The van der Waals surface area contributed by atoms with Crippen molar-refractivity contribution in [2.24, 2.45) is 5.92 Å². The van der Waals surface area contributed by atoms with Crippen LogP contribution in [0.25, 0.3) is 0 Å². The Kier molecular flexibility index (Phi) is 7.08. The normalized spacial score (nSPS) is 23.3. The van der Waals surface area contributed by atoms with Crippen molar-refractivity contribution in [3.8, 4) is 0 Å². The lowest BCUT2D eigenvalue weighted by molar-refractivity contribution is -0.136. The van der Waals surface area contributed by atoms with Gasteiger partial charge in [0.25, 0.3) is 0 Å². The summed E-state index contributed by atoms with van der Waals surface area (Å²) in [6.45, 7) is 2.17. The number of thioether (sulfide) groups is 1. The zero-order valence-electron chi connectivity index (χ0n) is 14.9. The third-order valence-electron chi connectivity index (χ3n) is 5.13. The number of benzene rings is 1. The van der Waals surface area contributed by atoms with Crippen LogP contribution >= 0.6 is 23.4 Å². The van der Waals surface area contributed by atoms with Crippen LogP contribution in [0.3, 0.4) is 0 Å². The van der Waals surface area contributed by atoms with Crippen LogP contribution in [0.4, 0.5) is 4.79 Å². The topological polar surface area (TPSA) is 61.4 Å². The largest absolute Gasteiger partial charge is 0.341 e. The SMILES string of the molecule is O=C(NCc1ccccc1Cl)NC1CCC(C(=O)N2CCSCC2)CC1. The van der Waals surface area contributed by atoms with Gasteiger partial charge in [-0.1, -0.05) is 29.8 Å². The van der Waals surface area contributed by atoms with Crippen LogP contribution in [0.1, 0.15) is 31.2 Å². The first kappa shape index (κ1) is 19.4. The molecule has 3 rings (SSSR count). The summed E-state index contributed by atoms with van der Waals surface area (Å²) in [6, 6.07) is 7.46. The van der Waals surface area contributed by atoms with Crippen molar-refractivity contribution in [1.82, 2.24) is 15.5 Å². The van der Waals surface area contributed by atoms with Gasteiger partial charge in [0.1, 0.15) is 0 Å². The van der Waals surface area contributed by atoms with E-state index in [0.29, 0.717) is 17.5 Å². The van der Waals surface area contributed by atoms with Gasteiger partial charge in [-0.25, -0.2) is 4.79 Å². The third kappa shape index (κ3) is 5.30. The van der Waals surface area contributed by atoms with Crippen LogP contribution < -0.4 is 10.6 Å². The molecule has 2 aliphatic rings. The van der Waals surface area contributed by atoms with E-state index < -0.39 is 0 Å². The maximum absolute atomic E-state index is 12.6. The lowest BCUT2D eigenvalue weighted by Crippen LogP contribution is -2.46. The van der Waals surface area contributed by atoms with E-state index in [-0.39, 0.29) is 18.0 Å². The van der Waals surface area contributed by atoms with Gasteiger partial charge in [0.15, 0.2) is 0 Å². The van der Waals surface area contributed by atoms with Gasteiger partial charge in [-0.05, 0) is 37.3 Å². The Morgan fingerprint density at radius 1 is 1.12 bits per heavy atom. The van der Waals surface area contributed by atoms with Gasteiger partial charge >= 0.3 is 6.03 Å². The van der Waals surface area contributed by atoms with Gasteiger partial charge in [0, 0.05) is 48.1 Å². The third-order valence-corrected chi connectivity index (χ3v) is 6.44. The number of rotatable bonds is 4. The maximum atomic E-state index is 12.6. The van der Waals surface area contributed by atoms with E-state index >= 15 is 0 Å². The van der Waals surface area contributed by atoms with Crippen molar-refractivity contribution < 1.29 is 9.59 Å². The fourth-order valence-corrected chi connectivity index (χ4v) is 4.69. The Morgan fingerprint density at radius 2 is 1.81 bits per heavy atom. The lowest BCUT2D eigenvalue weighted by Gasteiger charge is -2.34. The first-order chi connectivity index (χ1) is 12.6. The monoisotopic (exact) mass is 395 g/mol. The van der Waals surface area contributed by atoms with Crippen molar-refractivity contribution in [1.29, 1.82) is 0 Å². The van der Waals surface area contributed by atoms with Gasteiger partial charge in [-0.15, -0.1) is 0 Å². The molecule has 3 amide bonds. The molecule has 142 valence electrons. The van der Waals surface area contributed by atoms with Gasteiger partial charge < -0.3 is 15.5 Å². The maximum Gasteiger partial charge on any atom is 0.315 e. The van der Waals surface area contributed by atoms with Crippen LogP contribution in [-0.4, -0.2) is 47.5 Å². The summed E-state index contributed by atoms with van der Waals surface area (Å²) in [6.07, 6.45) is 3.44. The molecule has 1 aliphatic carbocycles. The zero-order chi connectivity index (χ0) is 18.4. The van der Waals surface area contributed by atoms with Gasteiger partial charge in [0.05, 0.1) is 0 Å². The Labute approximate surface area is 164 Å². The van der Waals surface area contributed by atoms with Crippen LogP contribution in [0.2, 0.25) is 5.02 Å². The smallest absolute Gasteiger partial charge is 0.315 e. The number of amides is 3. The van der Waals surface area contributed by atoms with E-state index in [0.717, 1.165) is 55.8 Å². The molecule has 0 aromatic heterocycles. The molecule has 1 aliphatic heterocycles. The summed E-state index contributed by atoms with van der Waals surface area (Å²) in [7, 11) is 0. The molecule has 0 bridgehead atoms. The summed E-state index contributed by atoms with van der Waals surface area (Å²) in [5.41, 5.74) is 0.901. The van der Waals surface area contributed by atoms with E-state index in [2.05, 4.69) is 10.6 Å². The molecular weight excluding hydrogens is 370 g/mol. The van der Waals surface area contributed by atoms with Crippen molar-refractivity contribution in [2.75, 3.05) is 24.6 Å². The molecule has 0 radical (unpaired) electrons. The molecule has 5 nitrogen and oxygen atoms in total. The molecule has 26 heavy (non-hydrogen) atoms. The predicted molar refractivity (Wildman–Crippen MR) is 106 cm³/mol. The van der Waals surface area contributed by atoms with Crippen molar-refractivity contribution in [3.05, 3.63) is 34.9 Å². The number of urea groups is 1. The molecule has 0 spiro atoms. The van der Waals surface area contributed by atoms with Crippen LogP contribution in [0, 0.1) is 5.92 Å². The highest BCUT2D eigenvalue weighted by atomic mass is 35.5. The molecule has 1 aromatic carbocycles. The highest BCUT2D eigenvalue weighted by molar-refractivity contribution is 7.99. The van der Waals surface area contributed by atoms with E-state index in [1.54, 1.807) is 0 Å². The van der Waals surface area contributed by atoms with Crippen molar-refractivity contribution in [2.45, 2.75) is 38.3 Å². The van der Waals surface area contributed by atoms with Crippen LogP contribution in [-0.2, 0) is 11.3 Å². The quantitative estimate of drug-likeness (QED) is 0.822. The summed E-state index contributed by atoms with van der Waals surface area (Å²) in [5.74, 6) is 2.54. The van der Waals surface area contributed by atoms with E-state index in [1.807, 2.05) is 40.9 Å². The number of hydrogen-bond acceptors (Lipinski definition) is 3. The predicted octanol–water partition coefficient (Wildman–Crippen LogP) is 3.27. The number of hydrogen-bond donors (Lipinski definition) is 2. The molecule has 0 atom stereocenters. The number of nitrogens with one attached hydrogen (secondary N) is 2. The fraction of sp³-hybridized carbons (Fsp3) is 0.579. The molecule has 1 saturated carbocycles. The molecule has 2 N–H and O–H groups in total. The van der Waals surface area contributed by atoms with E-state index in [9.17, 15) is 9.59 Å². The number of carbonyl (C=O) groups is 2. The van der Waals surface area contributed by atoms with Crippen LogP contribution in [0.5, 0.6) is 0 Å². The minimum atomic E-state index is -0.173. The first-order valence-electron chi connectivity index (χ1n) is 9.28. The number of nitrogens with zero attached hydrogens (tertiary/aromatic N) is 1. The Balaban J connectivity index is 1.38. The zero-order valence-corrected chi connectivity index (χ0v) is 16.5. The van der Waals surface area contributed by atoms with E-state index in [1.165, 1.54) is 0 Å². The van der Waals surface area contributed by atoms with E-state index in [4.69, 9.17) is 11.6 Å². The molecule has 1 aromatic rings. The minimum absolute atomic E-state index is 0.127. The summed E-state index contributed by atoms with van der Waals surface area (Å²) in [4.78, 5) is 26.7. The average molecular weight is 396 g/mol. The Bertz CT molecular complexity index is 629. The lowest BCUT2D eigenvalue weighted by atomic mass is 9.85. The molecule has 0 unspecified atom stereocenters. The Morgan fingerprint density at radius 3 is 2.50 bits per heavy atom. The number of carbonyl (C=O) groups excluding carboxylic acids is 2. The van der Waals surface area contributed by atoms with Gasteiger partial charge in [0.2, 0.25) is 5.91 Å². The Hall–Kier alpha value is -1.40. The highest BCUT2D eigenvalue weighted by Crippen LogP contribution is 2.27. The molecule has 2 fully saturated rings. The summed E-state index contributed by atoms with van der Waals surface area (Å²) >= 11 is 8.02.